The Morgan fingerprint density at radius 2 is 2.19 bits per heavy atom. The molecule has 0 saturated carbocycles. The fourth-order valence-electron chi connectivity index (χ4n) is 2.45. The molecule has 0 bridgehead atoms. The van der Waals surface area contributed by atoms with Gasteiger partial charge in [0.15, 0.2) is 0 Å². The number of methoxy groups -OCH3 is 1. The summed E-state index contributed by atoms with van der Waals surface area (Å²) in [5, 5.41) is 3.43. The van der Waals surface area contributed by atoms with Gasteiger partial charge in [-0.2, -0.15) is 0 Å². The number of aryl methyl sites for hydroxylation is 1. The van der Waals surface area contributed by atoms with Gasteiger partial charge in [-0.1, -0.05) is 0 Å². The van der Waals surface area contributed by atoms with Crippen molar-refractivity contribution in [2.45, 2.75) is 32.1 Å². The average Bonchev–Trinajstić information content (AvgIpc) is 2.69. The number of piperidine rings is 1. The van der Waals surface area contributed by atoms with Crippen LogP contribution in [0.4, 0.5) is 0 Å². The van der Waals surface area contributed by atoms with E-state index in [0.717, 1.165) is 18.9 Å². The Hall–Kier alpha value is -0.380. The number of hydrogen-bond acceptors (Lipinski definition) is 3. The van der Waals surface area contributed by atoms with E-state index in [9.17, 15) is 0 Å². The van der Waals surface area contributed by atoms with Crippen LogP contribution in [-0.2, 0) is 11.2 Å². The van der Waals surface area contributed by atoms with Crippen LogP contribution >= 0.6 is 11.3 Å². The topological polar surface area (TPSA) is 21.3 Å². The molecule has 1 N–H and O–H groups in total. The highest BCUT2D eigenvalue weighted by molar-refractivity contribution is 7.12. The predicted octanol–water partition coefficient (Wildman–Crippen LogP) is 2.71. The molecular weight excluding hydrogens is 218 g/mol. The molecule has 1 aliphatic heterocycles. The maximum absolute atomic E-state index is 5.19. The average molecular weight is 239 g/mol. The molecule has 1 fully saturated rings. The van der Waals surface area contributed by atoms with Crippen LogP contribution in [-0.4, -0.2) is 26.8 Å². The van der Waals surface area contributed by atoms with E-state index in [1.807, 2.05) is 11.3 Å². The van der Waals surface area contributed by atoms with E-state index in [1.54, 1.807) is 17.6 Å². The predicted molar refractivity (Wildman–Crippen MR) is 69.5 cm³/mol. The van der Waals surface area contributed by atoms with Gasteiger partial charge in [-0.15, -0.1) is 11.3 Å². The second kappa shape index (κ2) is 5.80. The first kappa shape index (κ1) is 12.1. The van der Waals surface area contributed by atoms with Crippen LogP contribution in [0.3, 0.4) is 0 Å². The second-order valence-corrected chi connectivity index (χ2v) is 5.84. The highest BCUT2D eigenvalue weighted by Crippen LogP contribution is 2.33. The first-order chi connectivity index (χ1) is 7.81. The molecule has 1 aliphatic rings. The van der Waals surface area contributed by atoms with Crippen molar-refractivity contribution in [3.8, 4) is 0 Å². The van der Waals surface area contributed by atoms with Crippen molar-refractivity contribution in [3.05, 3.63) is 21.4 Å². The van der Waals surface area contributed by atoms with Crippen molar-refractivity contribution in [2.75, 3.05) is 26.8 Å². The third kappa shape index (κ3) is 2.84. The fraction of sp³-hybridized carbons (Fsp3) is 0.692. The molecule has 2 rings (SSSR count). The van der Waals surface area contributed by atoms with Gasteiger partial charge in [0.05, 0.1) is 6.61 Å². The Morgan fingerprint density at radius 1 is 1.44 bits per heavy atom. The molecule has 1 saturated heterocycles. The zero-order chi connectivity index (χ0) is 11.4. The summed E-state index contributed by atoms with van der Waals surface area (Å²) in [6.07, 6.45) is 3.65. The summed E-state index contributed by atoms with van der Waals surface area (Å²) in [6.45, 7) is 5.40. The lowest BCUT2D eigenvalue weighted by molar-refractivity contribution is 0.202. The van der Waals surface area contributed by atoms with Gasteiger partial charge in [-0.05, 0) is 50.4 Å². The minimum absolute atomic E-state index is 0.776. The van der Waals surface area contributed by atoms with Gasteiger partial charge in [-0.25, -0.2) is 0 Å². The summed E-state index contributed by atoms with van der Waals surface area (Å²) in [6, 6.07) is 2.39. The summed E-state index contributed by atoms with van der Waals surface area (Å²) in [5.74, 6) is 0.776. The Labute approximate surface area is 102 Å². The lowest BCUT2D eigenvalue weighted by Gasteiger charge is -2.23. The van der Waals surface area contributed by atoms with E-state index in [-0.39, 0.29) is 0 Å². The van der Waals surface area contributed by atoms with E-state index in [1.165, 1.54) is 30.8 Å². The molecule has 0 radical (unpaired) electrons. The van der Waals surface area contributed by atoms with Gasteiger partial charge in [0.25, 0.3) is 0 Å². The highest BCUT2D eigenvalue weighted by atomic mass is 32.1. The van der Waals surface area contributed by atoms with E-state index in [0.29, 0.717) is 0 Å². The molecule has 0 aromatic carbocycles. The van der Waals surface area contributed by atoms with E-state index in [2.05, 4.69) is 18.3 Å². The Balaban J connectivity index is 2.10. The maximum atomic E-state index is 5.19. The molecule has 0 amide bonds. The van der Waals surface area contributed by atoms with E-state index in [4.69, 9.17) is 4.74 Å². The fourth-order valence-corrected chi connectivity index (χ4v) is 3.55. The number of nitrogens with one attached hydrogen (secondary N) is 1. The smallest absolute Gasteiger partial charge is 0.0510 e. The molecule has 1 aromatic rings. The second-order valence-electron chi connectivity index (χ2n) is 4.50. The van der Waals surface area contributed by atoms with Crippen LogP contribution in [0.2, 0.25) is 0 Å². The molecular formula is C13H21NOS. The highest BCUT2D eigenvalue weighted by Gasteiger charge is 2.19. The quantitative estimate of drug-likeness (QED) is 0.872. The zero-order valence-electron chi connectivity index (χ0n) is 10.2. The van der Waals surface area contributed by atoms with Gasteiger partial charge in [0.2, 0.25) is 0 Å². The van der Waals surface area contributed by atoms with E-state index >= 15 is 0 Å². The molecule has 0 unspecified atom stereocenters. The van der Waals surface area contributed by atoms with Crippen molar-refractivity contribution >= 4 is 11.3 Å². The third-order valence-electron chi connectivity index (χ3n) is 3.28. The van der Waals surface area contributed by atoms with Gasteiger partial charge in [-0.3, -0.25) is 0 Å². The summed E-state index contributed by atoms with van der Waals surface area (Å²) in [5.41, 5.74) is 1.60. The molecule has 0 atom stereocenters. The van der Waals surface area contributed by atoms with Gasteiger partial charge in [0, 0.05) is 23.3 Å². The van der Waals surface area contributed by atoms with Crippen LogP contribution in [0.15, 0.2) is 6.07 Å². The zero-order valence-corrected chi connectivity index (χ0v) is 11.0. The Morgan fingerprint density at radius 3 is 2.88 bits per heavy atom. The molecule has 2 heterocycles. The lowest BCUT2D eigenvalue weighted by atomic mass is 9.90. The summed E-state index contributed by atoms with van der Waals surface area (Å²) in [7, 11) is 1.78. The number of hydrogen-bond donors (Lipinski definition) is 1. The van der Waals surface area contributed by atoms with E-state index < -0.39 is 0 Å². The standard InChI is InChI=1S/C13H21NOS/c1-10-9-12(11-3-6-14-7-4-11)13(16-10)5-8-15-2/h9,11,14H,3-8H2,1-2H3. The molecule has 90 valence electrons. The van der Waals surface area contributed by atoms with Crippen LogP contribution in [0.25, 0.3) is 0 Å². The van der Waals surface area contributed by atoms with Crippen molar-refractivity contribution in [1.82, 2.24) is 5.32 Å². The largest absolute Gasteiger partial charge is 0.384 e. The third-order valence-corrected chi connectivity index (χ3v) is 4.40. The lowest BCUT2D eigenvalue weighted by Crippen LogP contribution is -2.26. The van der Waals surface area contributed by atoms with Crippen LogP contribution < -0.4 is 5.32 Å². The molecule has 16 heavy (non-hydrogen) atoms. The monoisotopic (exact) mass is 239 g/mol. The Bertz CT molecular complexity index is 329. The molecule has 1 aromatic heterocycles. The van der Waals surface area contributed by atoms with Gasteiger partial charge in [0.1, 0.15) is 0 Å². The van der Waals surface area contributed by atoms with Crippen LogP contribution in [0.5, 0.6) is 0 Å². The normalized spacial score (nSPS) is 17.9. The van der Waals surface area contributed by atoms with Crippen LogP contribution in [0.1, 0.15) is 34.1 Å². The minimum Gasteiger partial charge on any atom is -0.384 e. The van der Waals surface area contributed by atoms with Gasteiger partial charge < -0.3 is 10.1 Å². The maximum Gasteiger partial charge on any atom is 0.0510 e. The van der Waals surface area contributed by atoms with Crippen molar-refractivity contribution in [1.29, 1.82) is 0 Å². The number of ether oxygens (including phenoxy) is 1. The Kier molecular flexibility index (Phi) is 4.38. The number of thiophene rings is 1. The molecule has 0 spiro atoms. The number of rotatable bonds is 4. The summed E-state index contributed by atoms with van der Waals surface area (Å²) in [4.78, 5) is 2.99. The first-order valence-corrected chi connectivity index (χ1v) is 6.91. The SMILES string of the molecule is COCCc1sc(C)cc1C1CCNCC1. The van der Waals surface area contributed by atoms with Crippen molar-refractivity contribution in [2.24, 2.45) is 0 Å². The summed E-state index contributed by atoms with van der Waals surface area (Å²) < 4.78 is 5.19. The minimum atomic E-state index is 0.776. The van der Waals surface area contributed by atoms with Crippen molar-refractivity contribution in [3.63, 3.8) is 0 Å². The van der Waals surface area contributed by atoms with Crippen molar-refractivity contribution < 1.29 is 4.74 Å². The summed E-state index contributed by atoms with van der Waals surface area (Å²) >= 11 is 1.95. The first-order valence-electron chi connectivity index (χ1n) is 6.10. The molecule has 2 nitrogen and oxygen atoms in total. The molecule has 0 aliphatic carbocycles. The molecule has 3 heteroatoms. The van der Waals surface area contributed by atoms with Gasteiger partial charge >= 0.3 is 0 Å². The van der Waals surface area contributed by atoms with Crippen LogP contribution in [0, 0.1) is 6.92 Å².